The lowest BCUT2D eigenvalue weighted by Gasteiger charge is -2.02. The fraction of sp³-hybridized carbons (Fsp3) is 0. The second-order valence-corrected chi connectivity index (χ2v) is 5.12. The van der Waals surface area contributed by atoms with Gasteiger partial charge in [0.1, 0.15) is 5.71 Å². The van der Waals surface area contributed by atoms with E-state index in [-0.39, 0.29) is 16.4 Å². The summed E-state index contributed by atoms with van der Waals surface area (Å²) in [6.07, 6.45) is 0. The van der Waals surface area contributed by atoms with Crippen molar-refractivity contribution in [2.24, 2.45) is 5.16 Å². The molecule has 100 valence electrons. The van der Waals surface area contributed by atoms with E-state index in [4.69, 9.17) is 23.2 Å². The summed E-state index contributed by atoms with van der Waals surface area (Å²) in [4.78, 5) is 10.7. The Hall–Kier alpha value is -2.11. The fourth-order valence-corrected chi connectivity index (χ4v) is 2.77. The zero-order valence-electron chi connectivity index (χ0n) is 9.80. The molecule has 20 heavy (non-hydrogen) atoms. The van der Waals surface area contributed by atoms with Crippen LogP contribution in [0, 0.1) is 10.1 Å². The van der Waals surface area contributed by atoms with Crippen LogP contribution in [0.3, 0.4) is 0 Å². The molecule has 0 unspecified atom stereocenters. The van der Waals surface area contributed by atoms with Gasteiger partial charge in [-0.3, -0.25) is 10.1 Å². The van der Waals surface area contributed by atoms with Crippen molar-refractivity contribution >= 4 is 34.6 Å². The smallest absolute Gasteiger partial charge is 0.279 e. The van der Waals surface area contributed by atoms with Crippen LogP contribution in [0.5, 0.6) is 0 Å². The molecule has 2 aromatic rings. The van der Waals surface area contributed by atoms with Crippen molar-refractivity contribution in [3.63, 3.8) is 0 Å². The number of fused-ring (bicyclic) bond motifs is 3. The van der Waals surface area contributed by atoms with Crippen molar-refractivity contribution in [2.75, 3.05) is 0 Å². The quantitative estimate of drug-likeness (QED) is 0.417. The maximum absolute atomic E-state index is 11.2. The van der Waals surface area contributed by atoms with Crippen molar-refractivity contribution in [1.82, 2.24) is 0 Å². The molecule has 2 aromatic carbocycles. The van der Waals surface area contributed by atoms with Gasteiger partial charge in [-0.15, -0.1) is 0 Å². The van der Waals surface area contributed by atoms with E-state index < -0.39 is 4.92 Å². The number of oxime groups is 1. The van der Waals surface area contributed by atoms with E-state index in [0.29, 0.717) is 27.3 Å². The Morgan fingerprint density at radius 2 is 1.75 bits per heavy atom. The van der Waals surface area contributed by atoms with Gasteiger partial charge in [0.15, 0.2) is 0 Å². The Labute approximate surface area is 123 Å². The van der Waals surface area contributed by atoms with Crippen LogP contribution < -0.4 is 0 Å². The summed E-state index contributed by atoms with van der Waals surface area (Å²) in [5, 5.41) is 24.3. The number of nitro groups is 1. The van der Waals surface area contributed by atoms with Gasteiger partial charge in [-0.1, -0.05) is 34.4 Å². The molecule has 0 atom stereocenters. The van der Waals surface area contributed by atoms with Crippen LogP contribution in [0.1, 0.15) is 11.1 Å². The molecule has 0 spiro atoms. The Balaban J connectivity index is 2.44. The summed E-state index contributed by atoms with van der Waals surface area (Å²) in [5.41, 5.74) is 2.04. The summed E-state index contributed by atoms with van der Waals surface area (Å²) < 4.78 is 0. The number of hydrogen-bond donors (Lipinski definition) is 1. The molecule has 0 aliphatic heterocycles. The highest BCUT2D eigenvalue weighted by Crippen LogP contribution is 2.44. The molecule has 0 radical (unpaired) electrons. The number of benzene rings is 2. The zero-order valence-corrected chi connectivity index (χ0v) is 11.3. The fourth-order valence-electron chi connectivity index (χ4n) is 2.39. The Kier molecular flexibility index (Phi) is 2.88. The largest absolute Gasteiger partial charge is 0.410 e. The van der Waals surface area contributed by atoms with Crippen LogP contribution in [0.15, 0.2) is 35.5 Å². The second kappa shape index (κ2) is 4.47. The lowest BCUT2D eigenvalue weighted by Crippen LogP contribution is -1.99. The van der Waals surface area contributed by atoms with Crippen LogP contribution in [-0.4, -0.2) is 15.8 Å². The van der Waals surface area contributed by atoms with E-state index in [0.717, 1.165) is 0 Å². The molecular weight excluding hydrogens is 303 g/mol. The standard InChI is InChI=1S/C13H6Cl2N2O3/c14-6-1-2-8-9(3-6)13(16-18)10-4-7(15)5-11(12(8)10)17(19)20/h1-5,18H/b16-13+. The van der Waals surface area contributed by atoms with Crippen LogP contribution >= 0.6 is 23.2 Å². The summed E-state index contributed by atoms with van der Waals surface area (Å²) in [5.74, 6) is 0. The minimum absolute atomic E-state index is 0.130. The first-order chi connectivity index (χ1) is 9.52. The number of nitro benzene ring substituents is 1. The molecule has 0 saturated carbocycles. The molecule has 0 bridgehead atoms. The van der Waals surface area contributed by atoms with Crippen molar-refractivity contribution in [2.45, 2.75) is 0 Å². The average Bonchev–Trinajstić information content (AvgIpc) is 2.69. The molecule has 1 aliphatic carbocycles. The third kappa shape index (κ3) is 1.75. The van der Waals surface area contributed by atoms with Gasteiger partial charge in [-0.2, -0.15) is 0 Å². The molecule has 0 fully saturated rings. The lowest BCUT2D eigenvalue weighted by atomic mass is 10.0. The zero-order chi connectivity index (χ0) is 14.4. The van der Waals surface area contributed by atoms with E-state index in [1.807, 2.05) is 0 Å². The van der Waals surface area contributed by atoms with Gasteiger partial charge in [-0.25, -0.2) is 0 Å². The molecule has 0 aromatic heterocycles. The summed E-state index contributed by atoms with van der Waals surface area (Å²) in [6.45, 7) is 0. The summed E-state index contributed by atoms with van der Waals surface area (Å²) >= 11 is 11.8. The van der Waals surface area contributed by atoms with Gasteiger partial charge in [0, 0.05) is 27.2 Å². The number of hydrogen-bond acceptors (Lipinski definition) is 4. The Bertz CT molecular complexity index is 787. The van der Waals surface area contributed by atoms with Crippen LogP contribution in [0.2, 0.25) is 10.0 Å². The van der Waals surface area contributed by atoms with E-state index in [1.54, 1.807) is 18.2 Å². The van der Waals surface area contributed by atoms with Crippen molar-refractivity contribution in [3.05, 3.63) is 61.6 Å². The number of rotatable bonds is 1. The Morgan fingerprint density at radius 1 is 1.05 bits per heavy atom. The average molecular weight is 309 g/mol. The first-order valence-corrected chi connectivity index (χ1v) is 6.29. The first kappa shape index (κ1) is 12.9. The molecule has 0 saturated heterocycles. The van der Waals surface area contributed by atoms with E-state index in [1.165, 1.54) is 12.1 Å². The molecule has 3 rings (SSSR count). The van der Waals surface area contributed by atoms with Gasteiger partial charge < -0.3 is 5.21 Å². The van der Waals surface area contributed by atoms with Gasteiger partial charge in [0.25, 0.3) is 5.69 Å². The summed E-state index contributed by atoms with van der Waals surface area (Å²) in [7, 11) is 0. The minimum atomic E-state index is -0.511. The summed E-state index contributed by atoms with van der Waals surface area (Å²) in [6, 6.07) is 7.70. The molecule has 1 aliphatic rings. The topological polar surface area (TPSA) is 75.7 Å². The molecule has 5 nitrogen and oxygen atoms in total. The maximum atomic E-state index is 11.2. The predicted octanol–water partition coefficient (Wildman–Crippen LogP) is 4.11. The maximum Gasteiger partial charge on any atom is 0.279 e. The van der Waals surface area contributed by atoms with E-state index >= 15 is 0 Å². The highest BCUT2D eigenvalue weighted by molar-refractivity contribution is 6.35. The third-order valence-electron chi connectivity index (χ3n) is 3.14. The van der Waals surface area contributed by atoms with Gasteiger partial charge in [0.2, 0.25) is 0 Å². The lowest BCUT2D eigenvalue weighted by molar-refractivity contribution is -0.384. The normalized spacial score (nSPS) is 14.2. The van der Waals surface area contributed by atoms with Crippen molar-refractivity contribution < 1.29 is 10.1 Å². The van der Waals surface area contributed by atoms with Gasteiger partial charge >= 0.3 is 0 Å². The van der Waals surface area contributed by atoms with Crippen LogP contribution in [0.4, 0.5) is 5.69 Å². The number of nitrogens with zero attached hydrogens (tertiary/aromatic N) is 2. The van der Waals surface area contributed by atoms with E-state index in [2.05, 4.69) is 5.16 Å². The highest BCUT2D eigenvalue weighted by atomic mass is 35.5. The monoisotopic (exact) mass is 308 g/mol. The molecule has 0 heterocycles. The highest BCUT2D eigenvalue weighted by Gasteiger charge is 2.33. The van der Waals surface area contributed by atoms with Gasteiger partial charge in [-0.05, 0) is 23.8 Å². The third-order valence-corrected chi connectivity index (χ3v) is 3.59. The SMILES string of the molecule is O=[N+]([O-])c1cc(Cl)cc2c1-c1ccc(Cl)cc1/C2=N\O. The van der Waals surface area contributed by atoms with E-state index in [9.17, 15) is 15.3 Å². The predicted molar refractivity (Wildman–Crippen MR) is 76.0 cm³/mol. The minimum Gasteiger partial charge on any atom is -0.410 e. The van der Waals surface area contributed by atoms with Gasteiger partial charge in [0.05, 0.1) is 10.5 Å². The molecule has 7 heteroatoms. The van der Waals surface area contributed by atoms with Crippen LogP contribution in [0.25, 0.3) is 11.1 Å². The molecule has 0 amide bonds. The molecular formula is C13H6Cl2N2O3. The second-order valence-electron chi connectivity index (χ2n) is 4.24. The Morgan fingerprint density at radius 3 is 2.40 bits per heavy atom. The van der Waals surface area contributed by atoms with Crippen LogP contribution in [-0.2, 0) is 0 Å². The molecule has 1 N–H and O–H groups in total. The van der Waals surface area contributed by atoms with Crippen molar-refractivity contribution in [1.29, 1.82) is 0 Å². The first-order valence-electron chi connectivity index (χ1n) is 5.53. The van der Waals surface area contributed by atoms with Crippen molar-refractivity contribution in [3.8, 4) is 11.1 Å². The number of halogens is 2.